The van der Waals surface area contributed by atoms with Crippen molar-refractivity contribution in [1.29, 1.82) is 5.26 Å². The summed E-state index contributed by atoms with van der Waals surface area (Å²) < 4.78 is 0. The number of thiazole rings is 1. The van der Waals surface area contributed by atoms with E-state index < -0.39 is 0 Å². The summed E-state index contributed by atoms with van der Waals surface area (Å²) in [4.78, 5) is 8.37. The zero-order chi connectivity index (χ0) is 11.4. The molecule has 0 saturated heterocycles. The molecule has 0 bridgehead atoms. The highest BCUT2D eigenvalue weighted by molar-refractivity contribution is 7.09. The largest absolute Gasteiger partial charge is 0.361 e. The molecule has 0 aromatic carbocycles. The minimum Gasteiger partial charge on any atom is -0.361 e. The number of nitrogens with one attached hydrogen (secondary N) is 1. The Kier molecular flexibility index (Phi) is 3.13. The highest BCUT2D eigenvalue weighted by Gasteiger charge is 2.08. The van der Waals surface area contributed by atoms with Gasteiger partial charge >= 0.3 is 0 Å². The third-order valence-electron chi connectivity index (χ3n) is 2.08. The van der Waals surface area contributed by atoms with Crippen LogP contribution in [0.5, 0.6) is 0 Å². The minimum absolute atomic E-state index is 0.0986. The van der Waals surface area contributed by atoms with E-state index in [0.29, 0.717) is 11.4 Å². The van der Waals surface area contributed by atoms with Crippen molar-refractivity contribution in [2.24, 2.45) is 0 Å². The number of pyridine rings is 1. The Morgan fingerprint density at radius 1 is 1.44 bits per heavy atom. The molecule has 0 aliphatic carbocycles. The van der Waals surface area contributed by atoms with Gasteiger partial charge in [-0.15, -0.1) is 11.3 Å². The van der Waals surface area contributed by atoms with Gasteiger partial charge in [-0.05, 0) is 19.1 Å². The van der Waals surface area contributed by atoms with Crippen LogP contribution in [0.2, 0.25) is 0 Å². The van der Waals surface area contributed by atoms with Gasteiger partial charge in [-0.1, -0.05) is 0 Å². The molecular weight excluding hydrogens is 220 g/mol. The maximum absolute atomic E-state index is 8.76. The van der Waals surface area contributed by atoms with Crippen molar-refractivity contribution in [1.82, 2.24) is 9.97 Å². The van der Waals surface area contributed by atoms with Crippen molar-refractivity contribution >= 4 is 17.2 Å². The molecule has 4 nitrogen and oxygen atoms in total. The fourth-order valence-corrected chi connectivity index (χ4v) is 1.96. The molecule has 16 heavy (non-hydrogen) atoms. The van der Waals surface area contributed by atoms with Gasteiger partial charge in [0.25, 0.3) is 0 Å². The first-order valence-electron chi connectivity index (χ1n) is 4.81. The van der Waals surface area contributed by atoms with Gasteiger partial charge in [-0.25, -0.2) is 9.97 Å². The molecule has 1 atom stereocenters. The van der Waals surface area contributed by atoms with Crippen molar-refractivity contribution in [3.05, 3.63) is 40.5 Å². The van der Waals surface area contributed by atoms with E-state index in [1.54, 1.807) is 35.9 Å². The summed E-state index contributed by atoms with van der Waals surface area (Å²) >= 11 is 1.59. The number of hydrogen-bond donors (Lipinski definition) is 1. The maximum atomic E-state index is 8.76. The predicted molar refractivity (Wildman–Crippen MR) is 63.1 cm³/mol. The van der Waals surface area contributed by atoms with Crippen molar-refractivity contribution in [2.45, 2.75) is 13.0 Å². The molecule has 0 spiro atoms. The van der Waals surface area contributed by atoms with Crippen LogP contribution in [0.3, 0.4) is 0 Å². The van der Waals surface area contributed by atoms with Gasteiger partial charge in [-0.2, -0.15) is 5.26 Å². The van der Waals surface area contributed by atoms with E-state index >= 15 is 0 Å². The van der Waals surface area contributed by atoms with Gasteiger partial charge in [0, 0.05) is 17.8 Å². The summed E-state index contributed by atoms with van der Waals surface area (Å²) in [7, 11) is 0. The molecule has 0 radical (unpaired) electrons. The summed E-state index contributed by atoms with van der Waals surface area (Å²) in [6, 6.07) is 5.59. The fraction of sp³-hybridized carbons (Fsp3) is 0.182. The molecule has 0 amide bonds. The third-order valence-corrected chi connectivity index (χ3v) is 3.03. The van der Waals surface area contributed by atoms with Crippen LogP contribution in [0.4, 0.5) is 5.82 Å². The van der Waals surface area contributed by atoms with Crippen LogP contribution >= 0.6 is 11.3 Å². The standard InChI is InChI=1S/C11H10N4S/c1-8(11-14-4-5-16-11)15-10-6-9(7-12)2-3-13-10/h2-6,8H,1H3,(H,13,15). The quantitative estimate of drug-likeness (QED) is 0.880. The zero-order valence-corrected chi connectivity index (χ0v) is 9.53. The lowest BCUT2D eigenvalue weighted by Crippen LogP contribution is -2.07. The Bertz CT molecular complexity index is 501. The second kappa shape index (κ2) is 4.73. The van der Waals surface area contributed by atoms with Crippen LogP contribution in [-0.4, -0.2) is 9.97 Å². The number of nitrogens with zero attached hydrogens (tertiary/aromatic N) is 3. The molecule has 1 unspecified atom stereocenters. The average molecular weight is 230 g/mol. The molecule has 1 N–H and O–H groups in total. The number of hydrogen-bond acceptors (Lipinski definition) is 5. The second-order valence-electron chi connectivity index (χ2n) is 3.28. The molecule has 0 saturated carbocycles. The maximum Gasteiger partial charge on any atom is 0.127 e. The van der Waals surface area contributed by atoms with Gasteiger partial charge in [0.1, 0.15) is 10.8 Å². The van der Waals surface area contributed by atoms with E-state index in [4.69, 9.17) is 5.26 Å². The molecule has 2 aromatic rings. The normalized spacial score (nSPS) is 11.8. The molecule has 80 valence electrons. The summed E-state index contributed by atoms with van der Waals surface area (Å²) in [6.45, 7) is 2.01. The molecule has 0 aliphatic rings. The number of nitriles is 1. The molecule has 2 aromatic heterocycles. The van der Waals surface area contributed by atoms with E-state index in [0.717, 1.165) is 5.01 Å². The van der Waals surface area contributed by atoms with Gasteiger partial charge in [0.15, 0.2) is 0 Å². The third kappa shape index (κ3) is 2.35. The lowest BCUT2D eigenvalue weighted by Gasteiger charge is -2.11. The highest BCUT2D eigenvalue weighted by atomic mass is 32.1. The summed E-state index contributed by atoms with van der Waals surface area (Å²) in [5.74, 6) is 0.696. The molecule has 2 rings (SSSR count). The van der Waals surface area contributed by atoms with Crippen molar-refractivity contribution < 1.29 is 0 Å². The SMILES string of the molecule is CC(Nc1cc(C#N)ccn1)c1nccs1. The zero-order valence-electron chi connectivity index (χ0n) is 8.71. The van der Waals surface area contributed by atoms with Crippen LogP contribution in [0.15, 0.2) is 29.9 Å². The first-order valence-corrected chi connectivity index (χ1v) is 5.69. The van der Waals surface area contributed by atoms with Gasteiger partial charge < -0.3 is 5.32 Å². The van der Waals surface area contributed by atoms with Crippen LogP contribution in [-0.2, 0) is 0 Å². The molecule has 0 fully saturated rings. The minimum atomic E-state index is 0.0986. The Morgan fingerprint density at radius 2 is 2.31 bits per heavy atom. The first-order chi connectivity index (χ1) is 7.79. The van der Waals surface area contributed by atoms with Crippen LogP contribution in [0.1, 0.15) is 23.5 Å². The van der Waals surface area contributed by atoms with Gasteiger partial charge in [-0.3, -0.25) is 0 Å². The molecular formula is C11H10N4S. The summed E-state index contributed by atoms with van der Waals surface area (Å²) in [5.41, 5.74) is 0.601. The summed E-state index contributed by atoms with van der Waals surface area (Å²) in [6.07, 6.45) is 3.40. The Hall–Kier alpha value is -1.93. The Morgan fingerprint density at radius 3 is 3.00 bits per heavy atom. The topological polar surface area (TPSA) is 61.6 Å². The fourth-order valence-electron chi connectivity index (χ4n) is 1.31. The lowest BCUT2D eigenvalue weighted by molar-refractivity contribution is 0.860. The van der Waals surface area contributed by atoms with Gasteiger partial charge in [0.05, 0.1) is 17.7 Å². The van der Waals surface area contributed by atoms with Crippen LogP contribution in [0, 0.1) is 11.3 Å². The summed E-state index contributed by atoms with van der Waals surface area (Å²) in [5, 5.41) is 14.9. The second-order valence-corrected chi connectivity index (χ2v) is 4.20. The molecule has 0 aliphatic heterocycles. The average Bonchev–Trinajstić information content (AvgIpc) is 2.83. The van der Waals surface area contributed by atoms with Crippen LogP contribution < -0.4 is 5.32 Å². The Balaban J connectivity index is 2.12. The van der Waals surface area contributed by atoms with Gasteiger partial charge in [0.2, 0.25) is 0 Å². The number of anilines is 1. The van der Waals surface area contributed by atoms with E-state index in [1.165, 1.54) is 0 Å². The number of rotatable bonds is 3. The van der Waals surface area contributed by atoms with Crippen molar-refractivity contribution in [2.75, 3.05) is 5.32 Å². The lowest BCUT2D eigenvalue weighted by atomic mass is 10.3. The van der Waals surface area contributed by atoms with E-state index in [1.807, 2.05) is 12.3 Å². The van der Waals surface area contributed by atoms with Crippen molar-refractivity contribution in [3.8, 4) is 6.07 Å². The van der Waals surface area contributed by atoms with E-state index in [9.17, 15) is 0 Å². The van der Waals surface area contributed by atoms with E-state index in [-0.39, 0.29) is 6.04 Å². The van der Waals surface area contributed by atoms with Crippen LogP contribution in [0.25, 0.3) is 0 Å². The Labute approximate surface area is 97.6 Å². The van der Waals surface area contributed by atoms with Crippen molar-refractivity contribution in [3.63, 3.8) is 0 Å². The first kappa shape index (κ1) is 10.6. The smallest absolute Gasteiger partial charge is 0.127 e. The van der Waals surface area contributed by atoms with E-state index in [2.05, 4.69) is 21.4 Å². The molecule has 2 heterocycles. The highest BCUT2D eigenvalue weighted by Crippen LogP contribution is 2.19. The number of aromatic nitrogens is 2. The monoisotopic (exact) mass is 230 g/mol. The predicted octanol–water partition coefficient (Wildman–Crippen LogP) is 2.58. The molecule has 5 heteroatoms.